The number of nitro benzene ring substituents is 1. The zero-order valence-corrected chi connectivity index (χ0v) is 17.8. The number of aromatic nitrogens is 1. The molecule has 1 N–H and O–H groups in total. The van der Waals surface area contributed by atoms with Crippen LogP contribution in [-0.2, 0) is 0 Å². The number of anilines is 1. The highest BCUT2D eigenvalue weighted by Gasteiger charge is 2.18. The molecule has 1 aromatic heterocycles. The van der Waals surface area contributed by atoms with E-state index in [4.69, 9.17) is 9.15 Å². The molecule has 0 fully saturated rings. The second-order valence-corrected chi connectivity index (χ2v) is 7.58. The highest BCUT2D eigenvalue weighted by Crippen LogP contribution is 2.30. The van der Waals surface area contributed by atoms with Crippen molar-refractivity contribution in [2.24, 2.45) is 0 Å². The summed E-state index contributed by atoms with van der Waals surface area (Å²) in [6, 6.07) is 17.1. The fourth-order valence-corrected chi connectivity index (χ4v) is 3.33. The third-order valence-electron chi connectivity index (χ3n) is 5.08. The summed E-state index contributed by atoms with van der Waals surface area (Å²) in [7, 11) is 1.34. The molecular formula is C24H21N3O5. The standard InChI is InChI=1S/C24H21N3O5/c1-14(2)15-7-9-21-19(12-15)26-24(32-21)17-5-4-6-18(11-17)25-23(28)16-8-10-22(31-3)20(13-16)27(29)30/h4-14H,1-3H3,(H,25,28). The van der Waals surface area contributed by atoms with Gasteiger partial charge in [-0.25, -0.2) is 4.98 Å². The molecule has 1 amide bonds. The quantitative estimate of drug-likeness (QED) is 0.306. The molecule has 1 heterocycles. The summed E-state index contributed by atoms with van der Waals surface area (Å²) >= 11 is 0. The SMILES string of the molecule is COc1ccc(C(=O)Nc2cccc(-c3nc4cc(C(C)C)ccc4o3)c2)cc1[N+](=O)[O-]. The van der Waals surface area contributed by atoms with E-state index >= 15 is 0 Å². The Morgan fingerprint density at radius 1 is 1.12 bits per heavy atom. The van der Waals surface area contributed by atoms with E-state index in [0.717, 1.165) is 5.52 Å². The Bertz CT molecular complexity index is 1330. The van der Waals surface area contributed by atoms with Crippen LogP contribution in [0.5, 0.6) is 5.75 Å². The van der Waals surface area contributed by atoms with Crippen molar-refractivity contribution in [3.05, 3.63) is 81.9 Å². The van der Waals surface area contributed by atoms with Crippen LogP contribution in [0.4, 0.5) is 11.4 Å². The van der Waals surface area contributed by atoms with E-state index in [0.29, 0.717) is 28.6 Å². The van der Waals surface area contributed by atoms with Gasteiger partial charge in [0.05, 0.1) is 12.0 Å². The predicted molar refractivity (Wildman–Crippen MR) is 121 cm³/mol. The fraction of sp³-hybridized carbons (Fsp3) is 0.167. The van der Waals surface area contributed by atoms with Crippen LogP contribution in [0.25, 0.3) is 22.6 Å². The Labute approximate surface area is 184 Å². The smallest absolute Gasteiger partial charge is 0.311 e. The van der Waals surface area contributed by atoms with Crippen molar-refractivity contribution >= 4 is 28.4 Å². The predicted octanol–water partition coefficient (Wildman–Crippen LogP) is 5.79. The van der Waals surface area contributed by atoms with E-state index < -0.39 is 10.8 Å². The van der Waals surface area contributed by atoms with E-state index in [9.17, 15) is 14.9 Å². The van der Waals surface area contributed by atoms with Gasteiger partial charge in [-0.2, -0.15) is 0 Å². The maximum Gasteiger partial charge on any atom is 0.311 e. The molecule has 8 nitrogen and oxygen atoms in total. The summed E-state index contributed by atoms with van der Waals surface area (Å²) in [4.78, 5) is 27.9. The minimum Gasteiger partial charge on any atom is -0.490 e. The van der Waals surface area contributed by atoms with Crippen LogP contribution < -0.4 is 10.1 Å². The molecule has 4 aromatic rings. The van der Waals surface area contributed by atoms with Crippen LogP contribution in [0, 0.1) is 10.1 Å². The van der Waals surface area contributed by atoms with Crippen LogP contribution in [-0.4, -0.2) is 22.9 Å². The number of nitrogens with one attached hydrogen (secondary N) is 1. The molecule has 0 atom stereocenters. The molecular weight excluding hydrogens is 410 g/mol. The average molecular weight is 431 g/mol. The molecule has 0 saturated carbocycles. The number of rotatable bonds is 6. The van der Waals surface area contributed by atoms with Crippen molar-refractivity contribution in [3.63, 3.8) is 0 Å². The monoisotopic (exact) mass is 431 g/mol. The largest absolute Gasteiger partial charge is 0.490 e. The summed E-state index contributed by atoms with van der Waals surface area (Å²) in [5, 5.41) is 14.0. The van der Waals surface area contributed by atoms with E-state index in [1.807, 2.05) is 24.3 Å². The van der Waals surface area contributed by atoms with Gasteiger partial charge in [0.2, 0.25) is 5.89 Å². The van der Waals surface area contributed by atoms with Crippen LogP contribution >= 0.6 is 0 Å². The molecule has 0 aliphatic rings. The first-order valence-electron chi connectivity index (χ1n) is 10.0. The summed E-state index contributed by atoms with van der Waals surface area (Å²) in [6.07, 6.45) is 0. The highest BCUT2D eigenvalue weighted by molar-refractivity contribution is 6.05. The lowest BCUT2D eigenvalue weighted by atomic mass is 10.0. The molecule has 4 rings (SSSR count). The highest BCUT2D eigenvalue weighted by atomic mass is 16.6. The molecule has 8 heteroatoms. The first kappa shape index (κ1) is 21.0. The molecule has 0 unspecified atom stereocenters. The van der Waals surface area contributed by atoms with Crippen LogP contribution in [0.1, 0.15) is 35.7 Å². The van der Waals surface area contributed by atoms with Gasteiger partial charge in [0, 0.05) is 22.9 Å². The van der Waals surface area contributed by atoms with Crippen LogP contribution in [0.15, 0.2) is 65.1 Å². The van der Waals surface area contributed by atoms with Crippen molar-refractivity contribution in [1.29, 1.82) is 0 Å². The number of ether oxygens (including phenoxy) is 1. The number of oxazole rings is 1. The number of nitrogens with zero attached hydrogens (tertiary/aromatic N) is 2. The second-order valence-electron chi connectivity index (χ2n) is 7.58. The minimum atomic E-state index is -0.589. The summed E-state index contributed by atoms with van der Waals surface area (Å²) < 4.78 is 10.9. The van der Waals surface area contributed by atoms with Gasteiger partial charge in [0.25, 0.3) is 5.91 Å². The normalized spacial score (nSPS) is 11.0. The summed E-state index contributed by atoms with van der Waals surface area (Å²) in [6.45, 7) is 4.23. The van der Waals surface area contributed by atoms with Gasteiger partial charge in [-0.05, 0) is 53.9 Å². The molecule has 32 heavy (non-hydrogen) atoms. The minimum absolute atomic E-state index is 0.0881. The van der Waals surface area contributed by atoms with Crippen molar-refractivity contribution < 1.29 is 18.9 Å². The molecule has 0 bridgehead atoms. The van der Waals surface area contributed by atoms with Crippen molar-refractivity contribution in [2.75, 3.05) is 12.4 Å². The molecule has 0 aliphatic heterocycles. The topological polar surface area (TPSA) is 108 Å². The van der Waals surface area contributed by atoms with Crippen LogP contribution in [0.2, 0.25) is 0 Å². The summed E-state index contributed by atoms with van der Waals surface area (Å²) in [5.74, 6) is 0.432. The summed E-state index contributed by atoms with van der Waals surface area (Å²) in [5.41, 5.74) is 3.71. The number of fused-ring (bicyclic) bond motifs is 1. The lowest BCUT2D eigenvalue weighted by molar-refractivity contribution is -0.385. The maximum absolute atomic E-state index is 12.7. The zero-order valence-electron chi connectivity index (χ0n) is 17.8. The first-order valence-corrected chi connectivity index (χ1v) is 10.0. The van der Waals surface area contributed by atoms with Gasteiger partial charge < -0.3 is 14.5 Å². The van der Waals surface area contributed by atoms with Gasteiger partial charge >= 0.3 is 5.69 Å². The van der Waals surface area contributed by atoms with E-state index in [2.05, 4.69) is 24.1 Å². The maximum atomic E-state index is 12.7. The van der Waals surface area contributed by atoms with Gasteiger partial charge in [-0.1, -0.05) is 26.0 Å². The third kappa shape index (κ3) is 4.15. The molecule has 3 aromatic carbocycles. The van der Waals surface area contributed by atoms with Crippen molar-refractivity contribution in [3.8, 4) is 17.2 Å². The number of methoxy groups -OCH3 is 1. The number of hydrogen-bond acceptors (Lipinski definition) is 6. The van der Waals surface area contributed by atoms with Crippen molar-refractivity contribution in [2.45, 2.75) is 19.8 Å². The Hall–Kier alpha value is -4.20. The number of benzene rings is 3. The molecule has 0 spiro atoms. The van der Waals surface area contributed by atoms with E-state index in [-0.39, 0.29) is 17.0 Å². The molecule has 0 radical (unpaired) electrons. The number of amides is 1. The Kier molecular flexibility index (Phi) is 5.59. The molecule has 162 valence electrons. The Morgan fingerprint density at radius 2 is 1.94 bits per heavy atom. The number of hydrogen-bond donors (Lipinski definition) is 1. The third-order valence-corrected chi connectivity index (χ3v) is 5.08. The Balaban J connectivity index is 1.60. The Morgan fingerprint density at radius 3 is 2.66 bits per heavy atom. The van der Waals surface area contributed by atoms with Gasteiger partial charge in [0.15, 0.2) is 11.3 Å². The fourth-order valence-electron chi connectivity index (χ4n) is 3.33. The van der Waals surface area contributed by atoms with Gasteiger partial charge in [0.1, 0.15) is 5.52 Å². The van der Waals surface area contributed by atoms with Crippen LogP contribution in [0.3, 0.4) is 0 Å². The molecule has 0 aliphatic carbocycles. The van der Waals surface area contributed by atoms with Crippen molar-refractivity contribution in [1.82, 2.24) is 4.98 Å². The van der Waals surface area contributed by atoms with E-state index in [1.165, 1.54) is 30.9 Å². The first-order chi connectivity index (χ1) is 15.4. The lowest BCUT2D eigenvalue weighted by Crippen LogP contribution is -2.12. The second kappa shape index (κ2) is 8.50. The number of nitro groups is 1. The lowest BCUT2D eigenvalue weighted by Gasteiger charge is -2.07. The number of carbonyl (C=O) groups is 1. The molecule has 0 saturated heterocycles. The zero-order chi connectivity index (χ0) is 22.8. The van der Waals surface area contributed by atoms with Gasteiger partial charge in [-0.3, -0.25) is 14.9 Å². The average Bonchev–Trinajstić information content (AvgIpc) is 3.22. The van der Waals surface area contributed by atoms with E-state index in [1.54, 1.807) is 18.2 Å². The van der Waals surface area contributed by atoms with Gasteiger partial charge in [-0.15, -0.1) is 0 Å². The number of carbonyl (C=O) groups excluding carboxylic acids is 1.